The van der Waals surface area contributed by atoms with E-state index in [2.05, 4.69) is 0 Å². The van der Waals surface area contributed by atoms with Gasteiger partial charge in [-0.3, -0.25) is 4.79 Å². The number of hydrogen-bond donors (Lipinski definition) is 2. The Morgan fingerprint density at radius 3 is 2.44 bits per heavy atom. The molecule has 0 aliphatic rings. The molecule has 2 N–H and O–H groups in total. The first-order valence-electron chi connectivity index (χ1n) is 5.15. The van der Waals surface area contributed by atoms with Crippen molar-refractivity contribution in [3.05, 3.63) is 35.4 Å². The highest BCUT2D eigenvalue weighted by Crippen LogP contribution is 2.06. The highest BCUT2D eigenvalue weighted by molar-refractivity contribution is 5.94. The number of amides is 1. The zero-order chi connectivity index (χ0) is 12.1. The average molecular weight is 223 g/mol. The summed E-state index contributed by atoms with van der Waals surface area (Å²) in [5.41, 5.74) is 1.67. The summed E-state index contributed by atoms with van der Waals surface area (Å²) >= 11 is 0. The minimum atomic E-state index is -0.889. The first-order valence-corrected chi connectivity index (χ1v) is 5.15. The van der Waals surface area contributed by atoms with E-state index in [-0.39, 0.29) is 19.1 Å². The third-order valence-corrected chi connectivity index (χ3v) is 2.34. The zero-order valence-electron chi connectivity index (χ0n) is 9.55. The van der Waals surface area contributed by atoms with E-state index in [9.17, 15) is 9.90 Å². The molecule has 1 atom stereocenters. The van der Waals surface area contributed by atoms with Crippen LogP contribution in [0.15, 0.2) is 24.3 Å². The molecule has 16 heavy (non-hydrogen) atoms. The first-order chi connectivity index (χ1) is 7.54. The Balaban J connectivity index is 2.67. The summed E-state index contributed by atoms with van der Waals surface area (Å²) in [6, 6.07) is 7.23. The van der Waals surface area contributed by atoms with E-state index in [0.29, 0.717) is 5.56 Å². The third-order valence-electron chi connectivity index (χ3n) is 2.34. The van der Waals surface area contributed by atoms with Crippen molar-refractivity contribution in [3.8, 4) is 0 Å². The van der Waals surface area contributed by atoms with E-state index in [1.807, 2.05) is 19.1 Å². The SMILES string of the molecule is Cc1ccc(C(=O)N(C)C[C@H](O)CO)cc1. The van der Waals surface area contributed by atoms with Crippen LogP contribution >= 0.6 is 0 Å². The van der Waals surface area contributed by atoms with E-state index in [1.165, 1.54) is 4.90 Å². The predicted molar refractivity (Wildman–Crippen MR) is 61.2 cm³/mol. The van der Waals surface area contributed by atoms with Crippen molar-refractivity contribution in [2.45, 2.75) is 13.0 Å². The molecule has 0 heterocycles. The number of nitrogens with zero attached hydrogens (tertiary/aromatic N) is 1. The van der Waals surface area contributed by atoms with E-state index in [1.54, 1.807) is 19.2 Å². The van der Waals surface area contributed by atoms with Crippen molar-refractivity contribution in [1.29, 1.82) is 0 Å². The van der Waals surface area contributed by atoms with Crippen LogP contribution in [0.3, 0.4) is 0 Å². The topological polar surface area (TPSA) is 60.8 Å². The predicted octanol–water partition coefficient (Wildman–Crippen LogP) is 0.420. The van der Waals surface area contributed by atoms with E-state index in [4.69, 9.17) is 5.11 Å². The Labute approximate surface area is 95.1 Å². The molecule has 88 valence electrons. The Hall–Kier alpha value is -1.39. The monoisotopic (exact) mass is 223 g/mol. The molecule has 0 fully saturated rings. The second kappa shape index (κ2) is 5.63. The van der Waals surface area contributed by atoms with Gasteiger partial charge in [-0.05, 0) is 19.1 Å². The van der Waals surface area contributed by atoms with Crippen molar-refractivity contribution < 1.29 is 15.0 Å². The van der Waals surface area contributed by atoms with Crippen LogP contribution in [0.4, 0.5) is 0 Å². The van der Waals surface area contributed by atoms with Crippen molar-refractivity contribution in [1.82, 2.24) is 4.90 Å². The quantitative estimate of drug-likeness (QED) is 0.777. The number of likely N-dealkylation sites (N-methyl/N-ethyl adjacent to an activating group) is 1. The van der Waals surface area contributed by atoms with Crippen LogP contribution in [0.5, 0.6) is 0 Å². The lowest BCUT2D eigenvalue weighted by Crippen LogP contribution is -2.35. The van der Waals surface area contributed by atoms with Gasteiger partial charge in [0.2, 0.25) is 0 Å². The molecule has 1 aromatic carbocycles. The van der Waals surface area contributed by atoms with Crippen molar-refractivity contribution >= 4 is 5.91 Å². The average Bonchev–Trinajstić information content (AvgIpc) is 2.28. The Morgan fingerprint density at radius 1 is 1.38 bits per heavy atom. The minimum Gasteiger partial charge on any atom is -0.394 e. The van der Waals surface area contributed by atoms with Crippen LogP contribution in [0.2, 0.25) is 0 Å². The molecule has 0 radical (unpaired) electrons. The van der Waals surface area contributed by atoms with Gasteiger partial charge in [0.25, 0.3) is 5.91 Å². The molecule has 1 amide bonds. The highest BCUT2D eigenvalue weighted by atomic mass is 16.3. The largest absolute Gasteiger partial charge is 0.394 e. The number of carbonyl (C=O) groups is 1. The van der Waals surface area contributed by atoms with Gasteiger partial charge in [-0.25, -0.2) is 0 Å². The number of aliphatic hydroxyl groups excluding tert-OH is 2. The van der Waals surface area contributed by atoms with Gasteiger partial charge in [-0.15, -0.1) is 0 Å². The van der Waals surface area contributed by atoms with Crippen LogP contribution in [0.1, 0.15) is 15.9 Å². The van der Waals surface area contributed by atoms with Crippen molar-refractivity contribution in [3.63, 3.8) is 0 Å². The molecule has 1 rings (SSSR count). The Morgan fingerprint density at radius 2 is 1.94 bits per heavy atom. The first kappa shape index (κ1) is 12.7. The fourth-order valence-corrected chi connectivity index (χ4v) is 1.37. The molecule has 0 saturated carbocycles. The van der Waals surface area contributed by atoms with Crippen LogP contribution in [-0.2, 0) is 0 Å². The molecule has 4 nitrogen and oxygen atoms in total. The fraction of sp³-hybridized carbons (Fsp3) is 0.417. The molecule has 1 aromatic rings. The van der Waals surface area contributed by atoms with Gasteiger partial charge in [0, 0.05) is 19.2 Å². The normalized spacial score (nSPS) is 12.2. The molecule has 0 aliphatic heterocycles. The standard InChI is InChI=1S/C12H17NO3/c1-9-3-5-10(6-4-9)12(16)13(2)7-11(15)8-14/h3-6,11,14-15H,7-8H2,1-2H3/t11-/m0/s1. The van der Waals surface area contributed by atoms with E-state index in [0.717, 1.165) is 5.56 Å². The molecule has 0 bridgehead atoms. The van der Waals surface area contributed by atoms with Crippen LogP contribution < -0.4 is 0 Å². The number of aliphatic hydroxyl groups is 2. The fourth-order valence-electron chi connectivity index (χ4n) is 1.37. The number of carbonyl (C=O) groups excluding carboxylic acids is 1. The van der Waals surface area contributed by atoms with Gasteiger partial charge in [0.15, 0.2) is 0 Å². The summed E-state index contributed by atoms with van der Waals surface area (Å²) in [7, 11) is 1.60. The maximum Gasteiger partial charge on any atom is 0.253 e. The Bertz CT molecular complexity index is 348. The summed E-state index contributed by atoms with van der Waals surface area (Å²) in [6.45, 7) is 1.74. The summed E-state index contributed by atoms with van der Waals surface area (Å²) in [4.78, 5) is 13.2. The lowest BCUT2D eigenvalue weighted by Gasteiger charge is -2.19. The second-order valence-electron chi connectivity index (χ2n) is 3.89. The van der Waals surface area contributed by atoms with Crippen LogP contribution in [0, 0.1) is 6.92 Å². The van der Waals surface area contributed by atoms with Crippen LogP contribution in [0.25, 0.3) is 0 Å². The van der Waals surface area contributed by atoms with Gasteiger partial charge >= 0.3 is 0 Å². The maximum absolute atomic E-state index is 11.8. The summed E-state index contributed by atoms with van der Waals surface area (Å²) in [6.07, 6.45) is -0.889. The van der Waals surface area contributed by atoms with Gasteiger partial charge < -0.3 is 15.1 Å². The molecule has 0 aliphatic carbocycles. The zero-order valence-corrected chi connectivity index (χ0v) is 9.55. The number of rotatable bonds is 4. The molecule has 4 heteroatoms. The van der Waals surface area contributed by atoms with Gasteiger partial charge in [0.1, 0.15) is 0 Å². The van der Waals surface area contributed by atoms with Crippen molar-refractivity contribution in [2.24, 2.45) is 0 Å². The lowest BCUT2D eigenvalue weighted by atomic mass is 10.1. The number of hydrogen-bond acceptors (Lipinski definition) is 3. The van der Waals surface area contributed by atoms with Gasteiger partial charge in [-0.1, -0.05) is 17.7 Å². The van der Waals surface area contributed by atoms with E-state index >= 15 is 0 Å². The maximum atomic E-state index is 11.8. The lowest BCUT2D eigenvalue weighted by molar-refractivity contribution is 0.0520. The smallest absolute Gasteiger partial charge is 0.253 e. The molecular weight excluding hydrogens is 206 g/mol. The summed E-state index contributed by atoms with van der Waals surface area (Å²) < 4.78 is 0. The number of aryl methyl sites for hydroxylation is 1. The van der Waals surface area contributed by atoms with E-state index < -0.39 is 6.10 Å². The summed E-state index contributed by atoms with van der Waals surface area (Å²) in [5.74, 6) is -0.160. The second-order valence-corrected chi connectivity index (χ2v) is 3.89. The molecule has 0 saturated heterocycles. The van der Waals surface area contributed by atoms with Crippen molar-refractivity contribution in [2.75, 3.05) is 20.2 Å². The molecule has 0 spiro atoms. The molecule has 0 unspecified atom stereocenters. The van der Waals surface area contributed by atoms with Gasteiger partial charge in [0.05, 0.1) is 12.7 Å². The molecular formula is C12H17NO3. The third kappa shape index (κ3) is 3.32. The Kier molecular flexibility index (Phi) is 4.46. The minimum absolute atomic E-state index is 0.128. The van der Waals surface area contributed by atoms with Gasteiger partial charge in [-0.2, -0.15) is 0 Å². The summed E-state index contributed by atoms with van der Waals surface area (Å²) in [5, 5.41) is 17.9. The number of benzene rings is 1. The van der Waals surface area contributed by atoms with Crippen LogP contribution in [-0.4, -0.2) is 47.3 Å². The highest BCUT2D eigenvalue weighted by Gasteiger charge is 2.14. The molecule has 0 aromatic heterocycles.